The molecule has 5 rings (SSSR count). The number of carbonyl (C=O) groups is 1. The Kier molecular flexibility index (Phi) is 6.42. The minimum atomic E-state index is -3.96. The van der Waals surface area contributed by atoms with Crippen molar-refractivity contribution >= 4 is 33.2 Å². The number of aromatic nitrogens is 2. The summed E-state index contributed by atoms with van der Waals surface area (Å²) in [5.41, 5.74) is 2.15. The van der Waals surface area contributed by atoms with Crippen LogP contribution in [0.15, 0.2) is 90.1 Å². The number of hydrogen-bond donors (Lipinski definition) is 1. The lowest BCUT2D eigenvalue weighted by Gasteiger charge is -2.34. The minimum Gasteiger partial charge on any atom is -0.476 e. The van der Waals surface area contributed by atoms with Gasteiger partial charge in [-0.05, 0) is 55.0 Å². The monoisotopic (exact) mass is 522 g/mol. The van der Waals surface area contributed by atoms with Crippen molar-refractivity contribution in [1.29, 1.82) is 0 Å². The fraction of sp³-hybridized carbons (Fsp3) is 0.154. The summed E-state index contributed by atoms with van der Waals surface area (Å²) in [7, 11) is -3.96. The highest BCUT2D eigenvalue weighted by molar-refractivity contribution is 7.92. The van der Waals surface area contributed by atoms with Gasteiger partial charge in [-0.15, -0.1) is 0 Å². The van der Waals surface area contributed by atoms with Crippen molar-refractivity contribution in [2.24, 2.45) is 0 Å². The number of rotatable bonds is 6. The van der Waals surface area contributed by atoms with Crippen LogP contribution < -0.4 is 14.4 Å². The Balaban J connectivity index is 1.39. The number of hydrogen-bond acceptors (Lipinski definition) is 5. The highest BCUT2D eigenvalue weighted by atomic mass is 35.5. The zero-order chi connectivity index (χ0) is 25.3. The van der Waals surface area contributed by atoms with Crippen molar-refractivity contribution in [1.82, 2.24) is 14.9 Å². The Labute approximate surface area is 214 Å². The second-order valence-corrected chi connectivity index (χ2v) is 10.6. The quantitative estimate of drug-likeness (QED) is 0.411. The summed E-state index contributed by atoms with van der Waals surface area (Å²) in [6, 6.07) is 20.4. The molecule has 3 aromatic carbocycles. The van der Waals surface area contributed by atoms with Crippen LogP contribution in [0, 0.1) is 6.92 Å². The van der Waals surface area contributed by atoms with Gasteiger partial charge in [-0.1, -0.05) is 41.9 Å². The molecular weight excluding hydrogens is 500 g/mol. The third kappa shape index (κ3) is 4.55. The van der Waals surface area contributed by atoms with Gasteiger partial charge in [0.1, 0.15) is 11.6 Å². The molecule has 8 nitrogen and oxygen atoms in total. The molecule has 1 aliphatic rings. The molecule has 1 aromatic heterocycles. The number of aryl methyl sites for hydroxylation is 1. The molecule has 1 amide bonds. The fourth-order valence-electron chi connectivity index (χ4n) is 4.12. The zero-order valence-electron chi connectivity index (χ0n) is 19.3. The van der Waals surface area contributed by atoms with Crippen molar-refractivity contribution in [2.45, 2.75) is 24.5 Å². The van der Waals surface area contributed by atoms with Gasteiger partial charge in [0.25, 0.3) is 15.9 Å². The first-order chi connectivity index (χ1) is 17.3. The van der Waals surface area contributed by atoms with Crippen molar-refractivity contribution in [3.8, 4) is 11.4 Å². The van der Waals surface area contributed by atoms with Crippen molar-refractivity contribution in [3.63, 3.8) is 0 Å². The smallest absolute Gasteiger partial charge is 0.264 e. The number of carbonyl (C=O) groups excluding carboxylic acids is 1. The van der Waals surface area contributed by atoms with E-state index in [1.165, 1.54) is 28.6 Å². The van der Waals surface area contributed by atoms with Gasteiger partial charge in [-0.3, -0.25) is 9.10 Å². The van der Waals surface area contributed by atoms with Gasteiger partial charge < -0.3 is 14.6 Å². The maximum atomic E-state index is 13.5. The molecule has 0 bridgehead atoms. The summed E-state index contributed by atoms with van der Waals surface area (Å²) in [5, 5.41) is 3.33. The van der Waals surface area contributed by atoms with Gasteiger partial charge in [0.15, 0.2) is 6.10 Å². The Bertz CT molecular complexity index is 1520. The van der Waals surface area contributed by atoms with Crippen LogP contribution in [0.25, 0.3) is 5.69 Å². The lowest BCUT2D eigenvalue weighted by molar-refractivity contribution is -0.127. The van der Waals surface area contributed by atoms with Crippen LogP contribution in [0.5, 0.6) is 5.75 Å². The molecule has 10 heteroatoms. The third-order valence-electron chi connectivity index (χ3n) is 5.96. The topological polar surface area (TPSA) is 93.5 Å². The second kappa shape index (κ2) is 9.67. The van der Waals surface area contributed by atoms with Crippen LogP contribution in [0.1, 0.15) is 11.4 Å². The molecule has 0 aliphatic carbocycles. The molecule has 36 heavy (non-hydrogen) atoms. The number of imidazole rings is 1. The number of fused-ring (bicyclic) bond motifs is 1. The van der Waals surface area contributed by atoms with E-state index in [9.17, 15) is 13.2 Å². The third-order valence-corrected chi connectivity index (χ3v) is 8.00. The standard InChI is InChI=1S/C26H23ClN4O4S/c1-18-28-14-15-30(18)22-7-3-2-6-19(22)16-29-26(32)25-17-31(23-8-4-5-9-24(23)35-25)36(33,34)21-12-10-20(27)11-13-21/h2-15,25H,16-17H2,1H3,(H,29,32)/t25-/m0/s1. The first-order valence-corrected chi connectivity index (χ1v) is 13.1. The molecule has 0 saturated heterocycles. The summed E-state index contributed by atoms with van der Waals surface area (Å²) in [6.45, 7) is 1.96. The molecule has 1 atom stereocenters. The lowest BCUT2D eigenvalue weighted by Crippen LogP contribution is -2.50. The van der Waals surface area contributed by atoms with E-state index in [0.717, 1.165) is 17.1 Å². The van der Waals surface area contributed by atoms with Crippen LogP contribution in [-0.4, -0.2) is 36.5 Å². The van der Waals surface area contributed by atoms with E-state index in [1.807, 2.05) is 42.0 Å². The highest BCUT2D eigenvalue weighted by Gasteiger charge is 2.37. The number of nitrogens with one attached hydrogen (secondary N) is 1. The van der Waals surface area contributed by atoms with Gasteiger partial charge >= 0.3 is 0 Å². The summed E-state index contributed by atoms with van der Waals surface area (Å²) in [5.74, 6) is 0.720. The van der Waals surface area contributed by atoms with Gasteiger partial charge in [0.05, 0.1) is 22.8 Å². The number of halogens is 1. The molecule has 184 valence electrons. The first kappa shape index (κ1) is 23.9. The highest BCUT2D eigenvalue weighted by Crippen LogP contribution is 2.37. The predicted octanol–water partition coefficient (Wildman–Crippen LogP) is 4.11. The van der Waals surface area contributed by atoms with Gasteiger partial charge in [-0.25, -0.2) is 13.4 Å². The Morgan fingerprint density at radius 2 is 1.75 bits per heavy atom. The molecule has 1 N–H and O–H groups in total. The molecule has 0 radical (unpaired) electrons. The largest absolute Gasteiger partial charge is 0.476 e. The molecule has 0 saturated carbocycles. The van der Waals surface area contributed by atoms with Crippen molar-refractivity contribution < 1.29 is 17.9 Å². The SMILES string of the molecule is Cc1nccn1-c1ccccc1CNC(=O)[C@@H]1CN(S(=O)(=O)c2ccc(Cl)cc2)c2ccccc2O1. The number of ether oxygens (including phenoxy) is 1. The van der Waals surface area contributed by atoms with Gasteiger partial charge in [0, 0.05) is 24.0 Å². The summed E-state index contributed by atoms with van der Waals surface area (Å²) < 4.78 is 36.1. The van der Waals surface area contributed by atoms with Gasteiger partial charge in [-0.2, -0.15) is 0 Å². The molecule has 0 spiro atoms. The summed E-state index contributed by atoms with van der Waals surface area (Å²) >= 11 is 5.94. The van der Waals surface area contributed by atoms with E-state index in [2.05, 4.69) is 10.3 Å². The number of sulfonamides is 1. The molecule has 1 aliphatic heterocycles. The number of para-hydroxylation sites is 3. The molecule has 0 fully saturated rings. The second-order valence-electron chi connectivity index (χ2n) is 8.26. The normalized spacial score (nSPS) is 15.2. The maximum absolute atomic E-state index is 13.5. The lowest BCUT2D eigenvalue weighted by atomic mass is 10.1. The van der Waals surface area contributed by atoms with Crippen molar-refractivity contribution in [2.75, 3.05) is 10.8 Å². The summed E-state index contributed by atoms with van der Waals surface area (Å²) in [6.07, 6.45) is 2.54. The van der Waals surface area contributed by atoms with Crippen LogP contribution in [0.2, 0.25) is 5.02 Å². The molecule has 0 unspecified atom stereocenters. The average Bonchev–Trinajstić information content (AvgIpc) is 3.32. The number of benzene rings is 3. The predicted molar refractivity (Wildman–Crippen MR) is 137 cm³/mol. The Hall–Kier alpha value is -3.82. The van der Waals surface area contributed by atoms with E-state index in [-0.39, 0.29) is 18.0 Å². The number of amides is 1. The van der Waals surface area contributed by atoms with Crippen molar-refractivity contribution in [3.05, 3.63) is 102 Å². The van der Waals surface area contributed by atoms with Crippen LogP contribution in [0.3, 0.4) is 0 Å². The van der Waals surface area contributed by atoms with Gasteiger partial charge in [0.2, 0.25) is 0 Å². The minimum absolute atomic E-state index is 0.0763. The molecule has 4 aromatic rings. The van der Waals surface area contributed by atoms with Crippen LogP contribution >= 0.6 is 11.6 Å². The first-order valence-electron chi connectivity index (χ1n) is 11.2. The average molecular weight is 523 g/mol. The number of nitrogens with zero attached hydrogens (tertiary/aromatic N) is 3. The Morgan fingerprint density at radius 1 is 1.06 bits per heavy atom. The summed E-state index contributed by atoms with van der Waals surface area (Å²) in [4.78, 5) is 17.6. The molecule has 2 heterocycles. The Morgan fingerprint density at radius 3 is 2.47 bits per heavy atom. The van der Waals surface area contributed by atoms with Crippen LogP contribution in [0.4, 0.5) is 5.69 Å². The van der Waals surface area contributed by atoms with Crippen LogP contribution in [-0.2, 0) is 21.4 Å². The van der Waals surface area contributed by atoms with E-state index < -0.39 is 22.0 Å². The van der Waals surface area contributed by atoms with E-state index in [4.69, 9.17) is 16.3 Å². The van der Waals surface area contributed by atoms with E-state index in [1.54, 1.807) is 30.5 Å². The van der Waals surface area contributed by atoms with E-state index in [0.29, 0.717) is 16.5 Å². The molecular formula is C26H23ClN4O4S. The number of anilines is 1. The zero-order valence-corrected chi connectivity index (χ0v) is 20.9. The van der Waals surface area contributed by atoms with E-state index >= 15 is 0 Å². The maximum Gasteiger partial charge on any atom is 0.264 e. The fourth-order valence-corrected chi connectivity index (χ4v) is 5.73.